The Bertz CT molecular complexity index is 437. The van der Waals surface area contributed by atoms with E-state index in [9.17, 15) is 8.42 Å². The summed E-state index contributed by atoms with van der Waals surface area (Å²) in [5.74, 6) is 0. The molecule has 0 N–H and O–H groups in total. The minimum atomic E-state index is -3.69. The van der Waals surface area contributed by atoms with E-state index < -0.39 is 10.1 Å². The third kappa shape index (κ3) is 8.27. The highest BCUT2D eigenvalue weighted by Gasteiger charge is 2.17. The lowest BCUT2D eigenvalue weighted by molar-refractivity contribution is 0.291. The van der Waals surface area contributed by atoms with Gasteiger partial charge in [0, 0.05) is 0 Å². The lowest BCUT2D eigenvalue weighted by atomic mass is 10.1. The molecule has 1 rings (SSSR count). The van der Waals surface area contributed by atoms with Crippen molar-refractivity contribution < 1.29 is 17.0 Å². The zero-order valence-corrected chi connectivity index (χ0v) is 13.9. The largest absolute Gasteiger partial charge is 0.451 e. The van der Waals surface area contributed by atoms with Gasteiger partial charge < -0.3 is 4.42 Å². The van der Waals surface area contributed by atoms with Crippen molar-refractivity contribution in [1.29, 1.82) is 0 Å². The van der Waals surface area contributed by atoms with E-state index in [4.69, 9.17) is 8.60 Å². The summed E-state index contributed by atoms with van der Waals surface area (Å²) < 4.78 is 33.0. The van der Waals surface area contributed by atoms with Crippen LogP contribution in [0, 0.1) is 0 Å². The molecule has 0 amide bonds. The van der Waals surface area contributed by atoms with Crippen LogP contribution in [0.3, 0.4) is 0 Å². The Kier molecular flexibility index (Phi) is 9.42. The van der Waals surface area contributed by atoms with Gasteiger partial charge in [-0.15, -0.1) is 0 Å². The molecule has 0 aliphatic carbocycles. The minimum Gasteiger partial charge on any atom is -0.451 e. The first-order chi connectivity index (χ1) is 10.2. The van der Waals surface area contributed by atoms with Crippen LogP contribution < -0.4 is 0 Å². The van der Waals surface area contributed by atoms with Gasteiger partial charge in [0.2, 0.25) is 5.09 Å². The van der Waals surface area contributed by atoms with E-state index >= 15 is 0 Å². The number of hydrogen-bond acceptors (Lipinski definition) is 4. The third-order valence-corrected chi connectivity index (χ3v) is 4.68. The van der Waals surface area contributed by atoms with Gasteiger partial charge in [0.05, 0.1) is 12.9 Å². The van der Waals surface area contributed by atoms with E-state index in [1.807, 2.05) is 0 Å². The summed E-state index contributed by atoms with van der Waals surface area (Å²) in [7, 11) is -3.69. The predicted octanol–water partition coefficient (Wildman–Crippen LogP) is 4.91. The van der Waals surface area contributed by atoms with Gasteiger partial charge in [-0.2, -0.15) is 8.42 Å². The van der Waals surface area contributed by atoms with Gasteiger partial charge in [0.1, 0.15) is 0 Å². The SMILES string of the molecule is CCCCCCCCCCCCOS(=O)(=O)c1ccco1. The van der Waals surface area contributed by atoms with Crippen LogP contribution in [0.15, 0.2) is 27.9 Å². The van der Waals surface area contributed by atoms with Crippen molar-refractivity contribution in [3.63, 3.8) is 0 Å². The van der Waals surface area contributed by atoms with Gasteiger partial charge in [0.25, 0.3) is 0 Å². The van der Waals surface area contributed by atoms with Crippen LogP contribution in [0.1, 0.15) is 71.1 Å². The first-order valence-electron chi connectivity index (χ1n) is 8.10. The van der Waals surface area contributed by atoms with Gasteiger partial charge in [-0.3, -0.25) is 4.18 Å². The second kappa shape index (κ2) is 10.9. The minimum absolute atomic E-state index is 0.116. The molecule has 0 aliphatic heterocycles. The maximum Gasteiger partial charge on any atom is 0.330 e. The molecule has 1 aromatic rings. The molecule has 0 saturated heterocycles. The molecule has 1 heterocycles. The van der Waals surface area contributed by atoms with E-state index in [1.165, 1.54) is 63.3 Å². The summed E-state index contributed by atoms with van der Waals surface area (Å²) in [5.41, 5.74) is 0. The zero-order chi connectivity index (χ0) is 15.4. The first-order valence-corrected chi connectivity index (χ1v) is 9.50. The van der Waals surface area contributed by atoms with Crippen LogP contribution >= 0.6 is 0 Å². The van der Waals surface area contributed by atoms with Gasteiger partial charge in [0.15, 0.2) is 0 Å². The molecule has 21 heavy (non-hydrogen) atoms. The van der Waals surface area contributed by atoms with Gasteiger partial charge in [-0.05, 0) is 18.6 Å². The van der Waals surface area contributed by atoms with E-state index in [1.54, 1.807) is 0 Å². The molecule has 0 aromatic carbocycles. The molecular formula is C16H28O4S. The molecule has 5 heteroatoms. The lowest BCUT2D eigenvalue weighted by Crippen LogP contribution is -2.06. The summed E-state index contributed by atoms with van der Waals surface area (Å²) in [6, 6.07) is 2.94. The molecule has 0 unspecified atom stereocenters. The molecule has 1 aromatic heterocycles. The fourth-order valence-corrected chi connectivity index (χ4v) is 3.09. The molecule has 0 radical (unpaired) electrons. The van der Waals surface area contributed by atoms with Crippen LogP contribution in [-0.2, 0) is 14.3 Å². The number of unbranched alkanes of at least 4 members (excludes halogenated alkanes) is 9. The Morgan fingerprint density at radius 1 is 0.952 bits per heavy atom. The Morgan fingerprint density at radius 3 is 2.05 bits per heavy atom. The standard InChI is InChI=1S/C16H28O4S/c1-2-3-4-5-6-7-8-9-10-11-15-20-21(17,18)16-13-12-14-19-16/h12-14H,2-11,15H2,1H3. The van der Waals surface area contributed by atoms with Gasteiger partial charge >= 0.3 is 10.1 Å². The fourth-order valence-electron chi connectivity index (χ4n) is 2.22. The molecular weight excluding hydrogens is 288 g/mol. The maximum absolute atomic E-state index is 11.6. The highest BCUT2D eigenvalue weighted by molar-refractivity contribution is 7.86. The average Bonchev–Trinajstić information content (AvgIpc) is 3.00. The van der Waals surface area contributed by atoms with Gasteiger partial charge in [-0.1, -0.05) is 64.7 Å². The summed E-state index contributed by atoms with van der Waals surface area (Å²) >= 11 is 0. The van der Waals surface area contributed by atoms with Crippen LogP contribution in [0.25, 0.3) is 0 Å². The van der Waals surface area contributed by atoms with Crippen LogP contribution in [-0.4, -0.2) is 15.0 Å². The van der Waals surface area contributed by atoms with Crippen molar-refractivity contribution in [3.8, 4) is 0 Å². The van der Waals surface area contributed by atoms with Crippen molar-refractivity contribution >= 4 is 10.1 Å². The maximum atomic E-state index is 11.6. The van der Waals surface area contributed by atoms with Crippen LogP contribution in [0.5, 0.6) is 0 Å². The molecule has 0 saturated carbocycles. The monoisotopic (exact) mass is 316 g/mol. The van der Waals surface area contributed by atoms with Crippen LogP contribution in [0.4, 0.5) is 0 Å². The van der Waals surface area contributed by atoms with E-state index in [0.29, 0.717) is 0 Å². The predicted molar refractivity (Wildman–Crippen MR) is 83.7 cm³/mol. The second-order valence-corrected chi connectivity index (χ2v) is 6.94. The Balaban J connectivity index is 1.93. The quantitative estimate of drug-likeness (QED) is 0.383. The second-order valence-electron chi connectivity index (χ2n) is 5.39. The van der Waals surface area contributed by atoms with Crippen LogP contribution in [0.2, 0.25) is 0 Å². The normalized spacial score (nSPS) is 11.9. The molecule has 122 valence electrons. The summed E-state index contributed by atoms with van der Waals surface area (Å²) in [5, 5.41) is -0.116. The van der Waals surface area contributed by atoms with Crippen molar-refractivity contribution in [2.45, 2.75) is 76.2 Å². The lowest BCUT2D eigenvalue weighted by Gasteiger charge is -2.04. The molecule has 4 nitrogen and oxygen atoms in total. The molecule has 0 bridgehead atoms. The Morgan fingerprint density at radius 2 is 1.52 bits per heavy atom. The number of furan rings is 1. The van der Waals surface area contributed by atoms with Gasteiger partial charge in [-0.25, -0.2) is 0 Å². The van der Waals surface area contributed by atoms with Crippen molar-refractivity contribution in [2.75, 3.05) is 6.61 Å². The smallest absolute Gasteiger partial charge is 0.330 e. The van der Waals surface area contributed by atoms with E-state index in [0.717, 1.165) is 19.3 Å². The van der Waals surface area contributed by atoms with E-state index in [2.05, 4.69) is 6.92 Å². The Hall–Kier alpha value is -0.810. The third-order valence-electron chi connectivity index (χ3n) is 3.48. The summed E-state index contributed by atoms with van der Waals surface area (Å²) in [4.78, 5) is 0. The highest BCUT2D eigenvalue weighted by Crippen LogP contribution is 2.14. The molecule has 0 aliphatic rings. The number of hydrogen-bond donors (Lipinski definition) is 0. The molecule has 0 atom stereocenters. The summed E-state index contributed by atoms with van der Waals surface area (Å²) in [6.45, 7) is 2.47. The Labute approximate surface area is 129 Å². The molecule has 0 fully saturated rings. The number of rotatable bonds is 13. The highest BCUT2D eigenvalue weighted by atomic mass is 32.2. The zero-order valence-electron chi connectivity index (χ0n) is 13.1. The summed E-state index contributed by atoms with van der Waals surface area (Å²) in [6.07, 6.45) is 13.5. The fraction of sp³-hybridized carbons (Fsp3) is 0.750. The van der Waals surface area contributed by atoms with Crippen molar-refractivity contribution in [2.24, 2.45) is 0 Å². The van der Waals surface area contributed by atoms with Crippen molar-refractivity contribution in [3.05, 3.63) is 18.4 Å². The van der Waals surface area contributed by atoms with Crippen molar-refractivity contribution in [1.82, 2.24) is 0 Å². The first kappa shape index (κ1) is 18.2. The molecule has 0 spiro atoms. The topological polar surface area (TPSA) is 56.5 Å². The van der Waals surface area contributed by atoms with E-state index in [-0.39, 0.29) is 11.7 Å². The average molecular weight is 316 g/mol.